The number of benzene rings is 1. The standard InChI is InChI=1S/C19H26N4O2/c1-20-10-6-15-7-11-22(12-8-15)19(25)9-13-23-17-5-3-2-4-16(17)18(24)14-21-23/h2-5,14-15,20H,6-13H2,1H3. The summed E-state index contributed by atoms with van der Waals surface area (Å²) in [5, 5.41) is 8.04. The number of para-hydroxylation sites is 1. The summed E-state index contributed by atoms with van der Waals surface area (Å²) in [7, 11) is 1.98. The topological polar surface area (TPSA) is 67.2 Å². The van der Waals surface area contributed by atoms with Crippen molar-refractivity contribution in [3.8, 4) is 0 Å². The lowest BCUT2D eigenvalue weighted by Crippen LogP contribution is -2.39. The number of fused-ring (bicyclic) bond motifs is 1. The first kappa shape index (κ1) is 17.6. The first-order valence-electron chi connectivity index (χ1n) is 9.06. The minimum atomic E-state index is -0.0817. The first-order chi connectivity index (χ1) is 12.2. The molecule has 0 bridgehead atoms. The zero-order chi connectivity index (χ0) is 17.6. The van der Waals surface area contributed by atoms with Gasteiger partial charge in [0.15, 0.2) is 0 Å². The third-order valence-corrected chi connectivity index (χ3v) is 5.07. The fourth-order valence-electron chi connectivity index (χ4n) is 3.52. The summed E-state index contributed by atoms with van der Waals surface area (Å²) in [4.78, 5) is 26.3. The predicted molar refractivity (Wildman–Crippen MR) is 98.5 cm³/mol. The van der Waals surface area contributed by atoms with E-state index in [0.29, 0.717) is 18.4 Å². The summed E-state index contributed by atoms with van der Waals surface area (Å²) in [6.07, 6.45) is 5.12. The molecule has 6 heteroatoms. The number of carbonyl (C=O) groups is 1. The van der Waals surface area contributed by atoms with Crippen LogP contribution in [0.25, 0.3) is 10.9 Å². The summed E-state index contributed by atoms with van der Waals surface area (Å²) in [5.41, 5.74) is 0.704. The fraction of sp³-hybridized carbons (Fsp3) is 0.526. The van der Waals surface area contributed by atoms with Crippen LogP contribution in [0.15, 0.2) is 35.3 Å². The van der Waals surface area contributed by atoms with E-state index in [9.17, 15) is 9.59 Å². The molecule has 0 atom stereocenters. The predicted octanol–water partition coefficient (Wildman–Crippen LogP) is 1.63. The van der Waals surface area contributed by atoms with E-state index in [-0.39, 0.29) is 11.3 Å². The highest BCUT2D eigenvalue weighted by atomic mass is 16.2. The molecule has 0 radical (unpaired) electrons. The maximum absolute atomic E-state index is 12.5. The van der Waals surface area contributed by atoms with Gasteiger partial charge in [-0.05, 0) is 50.9 Å². The Hall–Kier alpha value is -2.21. The van der Waals surface area contributed by atoms with Gasteiger partial charge in [-0.3, -0.25) is 14.3 Å². The van der Waals surface area contributed by atoms with E-state index in [1.807, 2.05) is 30.1 Å². The molecule has 0 saturated carbocycles. The van der Waals surface area contributed by atoms with Crippen LogP contribution >= 0.6 is 0 Å². The normalized spacial score (nSPS) is 15.6. The van der Waals surface area contributed by atoms with Crippen LogP contribution < -0.4 is 10.7 Å². The zero-order valence-electron chi connectivity index (χ0n) is 14.8. The van der Waals surface area contributed by atoms with Crippen LogP contribution in [0, 0.1) is 5.92 Å². The van der Waals surface area contributed by atoms with E-state index in [4.69, 9.17) is 0 Å². The van der Waals surface area contributed by atoms with Gasteiger partial charge in [0, 0.05) is 24.9 Å². The number of hydrogen-bond donors (Lipinski definition) is 1. The van der Waals surface area contributed by atoms with Crippen LogP contribution in [-0.2, 0) is 11.3 Å². The Morgan fingerprint density at radius 1 is 1.28 bits per heavy atom. The first-order valence-corrected chi connectivity index (χ1v) is 9.06. The van der Waals surface area contributed by atoms with Crippen LogP contribution in [0.3, 0.4) is 0 Å². The molecule has 6 nitrogen and oxygen atoms in total. The van der Waals surface area contributed by atoms with Gasteiger partial charge in [-0.1, -0.05) is 12.1 Å². The van der Waals surface area contributed by atoms with Crippen molar-refractivity contribution in [1.82, 2.24) is 20.0 Å². The molecule has 1 saturated heterocycles. The van der Waals surface area contributed by atoms with Crippen molar-refractivity contribution in [3.63, 3.8) is 0 Å². The molecule has 1 amide bonds. The second-order valence-electron chi connectivity index (χ2n) is 6.72. The van der Waals surface area contributed by atoms with E-state index in [1.54, 1.807) is 10.7 Å². The van der Waals surface area contributed by atoms with Gasteiger partial charge in [-0.25, -0.2) is 0 Å². The number of likely N-dealkylation sites (tertiary alicyclic amines) is 1. The van der Waals surface area contributed by atoms with Crippen molar-refractivity contribution in [1.29, 1.82) is 0 Å². The molecule has 1 N–H and O–H groups in total. The monoisotopic (exact) mass is 342 g/mol. The Morgan fingerprint density at radius 2 is 2.04 bits per heavy atom. The van der Waals surface area contributed by atoms with E-state index in [0.717, 1.165) is 43.9 Å². The Morgan fingerprint density at radius 3 is 2.80 bits per heavy atom. The fourth-order valence-corrected chi connectivity index (χ4v) is 3.52. The molecular formula is C19H26N4O2. The van der Waals surface area contributed by atoms with Crippen LogP contribution in [0.2, 0.25) is 0 Å². The SMILES string of the molecule is CNCCC1CCN(C(=O)CCn2ncc(=O)c3ccccc32)CC1. The van der Waals surface area contributed by atoms with E-state index >= 15 is 0 Å². The van der Waals surface area contributed by atoms with E-state index in [2.05, 4.69) is 10.4 Å². The molecule has 1 aromatic heterocycles. The number of piperidine rings is 1. The molecule has 0 unspecified atom stereocenters. The largest absolute Gasteiger partial charge is 0.343 e. The summed E-state index contributed by atoms with van der Waals surface area (Å²) < 4.78 is 1.76. The summed E-state index contributed by atoms with van der Waals surface area (Å²) in [5.74, 6) is 0.901. The molecule has 1 aliphatic rings. The van der Waals surface area contributed by atoms with Gasteiger partial charge in [0.2, 0.25) is 11.3 Å². The molecule has 3 rings (SSSR count). The second-order valence-corrected chi connectivity index (χ2v) is 6.72. The third kappa shape index (κ3) is 4.25. The molecule has 1 aliphatic heterocycles. The van der Waals surface area contributed by atoms with Gasteiger partial charge < -0.3 is 10.2 Å². The maximum Gasteiger partial charge on any atom is 0.224 e. The lowest BCUT2D eigenvalue weighted by molar-refractivity contribution is -0.132. The number of amides is 1. The highest BCUT2D eigenvalue weighted by molar-refractivity contribution is 5.79. The Bertz CT molecular complexity index is 778. The van der Waals surface area contributed by atoms with Gasteiger partial charge in [-0.2, -0.15) is 5.10 Å². The molecule has 2 heterocycles. The Labute approximate surface area is 147 Å². The van der Waals surface area contributed by atoms with Crippen molar-refractivity contribution in [2.75, 3.05) is 26.7 Å². The Balaban J connectivity index is 1.57. The third-order valence-electron chi connectivity index (χ3n) is 5.07. The molecular weight excluding hydrogens is 316 g/mol. The van der Waals surface area contributed by atoms with Gasteiger partial charge in [0.1, 0.15) is 0 Å². The van der Waals surface area contributed by atoms with Crippen LogP contribution in [0.4, 0.5) is 0 Å². The lowest BCUT2D eigenvalue weighted by Gasteiger charge is -2.32. The molecule has 1 aromatic carbocycles. The molecule has 134 valence electrons. The minimum Gasteiger partial charge on any atom is -0.343 e. The quantitative estimate of drug-likeness (QED) is 0.866. The number of rotatable bonds is 6. The maximum atomic E-state index is 12.5. The van der Waals surface area contributed by atoms with Gasteiger partial charge in [-0.15, -0.1) is 0 Å². The lowest BCUT2D eigenvalue weighted by atomic mass is 9.93. The van der Waals surface area contributed by atoms with Gasteiger partial charge >= 0.3 is 0 Å². The van der Waals surface area contributed by atoms with Crippen molar-refractivity contribution < 1.29 is 4.79 Å². The number of nitrogens with zero attached hydrogens (tertiary/aromatic N) is 3. The zero-order valence-corrected chi connectivity index (χ0v) is 14.8. The van der Waals surface area contributed by atoms with E-state index < -0.39 is 0 Å². The molecule has 0 spiro atoms. The summed E-state index contributed by atoms with van der Waals surface area (Å²) in [6.45, 7) is 3.25. The van der Waals surface area contributed by atoms with Crippen LogP contribution in [0.1, 0.15) is 25.7 Å². The number of aryl methyl sites for hydroxylation is 1. The number of aromatic nitrogens is 2. The summed E-state index contributed by atoms with van der Waals surface area (Å²) in [6, 6.07) is 7.41. The van der Waals surface area contributed by atoms with Gasteiger partial charge in [0.25, 0.3) is 0 Å². The molecule has 0 aliphatic carbocycles. The number of hydrogen-bond acceptors (Lipinski definition) is 4. The smallest absolute Gasteiger partial charge is 0.224 e. The number of nitrogens with one attached hydrogen (secondary N) is 1. The van der Waals surface area contributed by atoms with E-state index in [1.165, 1.54) is 12.6 Å². The average molecular weight is 342 g/mol. The average Bonchev–Trinajstić information content (AvgIpc) is 2.66. The molecule has 25 heavy (non-hydrogen) atoms. The van der Waals surface area contributed by atoms with Crippen LogP contribution in [-0.4, -0.2) is 47.3 Å². The number of carbonyl (C=O) groups excluding carboxylic acids is 1. The van der Waals surface area contributed by atoms with Crippen molar-refractivity contribution in [2.45, 2.75) is 32.2 Å². The van der Waals surface area contributed by atoms with Crippen molar-refractivity contribution >= 4 is 16.8 Å². The van der Waals surface area contributed by atoms with Gasteiger partial charge in [0.05, 0.1) is 18.3 Å². The van der Waals surface area contributed by atoms with Crippen molar-refractivity contribution in [3.05, 3.63) is 40.7 Å². The highest BCUT2D eigenvalue weighted by Gasteiger charge is 2.22. The van der Waals surface area contributed by atoms with Crippen molar-refractivity contribution in [2.24, 2.45) is 5.92 Å². The molecule has 2 aromatic rings. The second kappa shape index (κ2) is 8.25. The minimum absolute atomic E-state index is 0.0817. The van der Waals surface area contributed by atoms with Crippen LogP contribution in [0.5, 0.6) is 0 Å². The highest BCUT2D eigenvalue weighted by Crippen LogP contribution is 2.20. The Kier molecular flexibility index (Phi) is 5.81. The molecule has 1 fully saturated rings. The summed E-state index contributed by atoms with van der Waals surface area (Å²) >= 11 is 0.